The molecule has 0 aliphatic carbocycles. The zero-order chi connectivity index (χ0) is 13.5. The molecular weight excluding hydrogens is 257 g/mol. The van der Waals surface area contributed by atoms with Gasteiger partial charge < -0.3 is 5.32 Å². The second-order valence-corrected chi connectivity index (χ2v) is 4.80. The SMILES string of the molecule is Fc1ccc(C2CCNc3c4cccnc4nn32)nc1. The summed E-state index contributed by atoms with van der Waals surface area (Å²) in [6.07, 6.45) is 3.84. The summed E-state index contributed by atoms with van der Waals surface area (Å²) >= 11 is 0. The smallest absolute Gasteiger partial charge is 0.183 e. The maximum atomic E-state index is 13.0. The third-order valence-corrected chi connectivity index (χ3v) is 3.57. The fourth-order valence-electron chi connectivity index (χ4n) is 2.65. The Bertz CT molecular complexity index is 765. The third-order valence-electron chi connectivity index (χ3n) is 3.57. The molecule has 3 aromatic heterocycles. The van der Waals surface area contributed by atoms with Crippen LogP contribution in [-0.2, 0) is 0 Å². The number of nitrogens with zero attached hydrogens (tertiary/aromatic N) is 4. The van der Waals surface area contributed by atoms with Crippen LogP contribution < -0.4 is 5.32 Å². The summed E-state index contributed by atoms with van der Waals surface area (Å²) in [6.45, 7) is 0.833. The van der Waals surface area contributed by atoms with Crippen molar-refractivity contribution in [2.75, 3.05) is 11.9 Å². The van der Waals surface area contributed by atoms with Crippen molar-refractivity contribution in [2.45, 2.75) is 12.5 Å². The molecule has 1 atom stereocenters. The van der Waals surface area contributed by atoms with Crippen molar-refractivity contribution < 1.29 is 4.39 Å². The topological polar surface area (TPSA) is 55.6 Å². The molecule has 4 heterocycles. The predicted molar refractivity (Wildman–Crippen MR) is 73.0 cm³/mol. The molecule has 4 rings (SSSR count). The number of pyridine rings is 2. The minimum absolute atomic E-state index is 0.0149. The second kappa shape index (κ2) is 4.26. The Kier molecular flexibility index (Phi) is 2.42. The van der Waals surface area contributed by atoms with Gasteiger partial charge in [-0.2, -0.15) is 0 Å². The summed E-state index contributed by atoms with van der Waals surface area (Å²) in [4.78, 5) is 8.46. The summed E-state index contributed by atoms with van der Waals surface area (Å²) in [5.74, 6) is 0.630. The maximum Gasteiger partial charge on any atom is 0.183 e. The first-order valence-corrected chi connectivity index (χ1v) is 6.51. The highest BCUT2D eigenvalue weighted by molar-refractivity contribution is 5.87. The minimum atomic E-state index is -0.324. The Balaban J connectivity index is 1.87. The number of fused-ring (bicyclic) bond motifs is 3. The van der Waals surface area contributed by atoms with Crippen molar-refractivity contribution in [1.82, 2.24) is 19.7 Å². The lowest BCUT2D eigenvalue weighted by Gasteiger charge is -2.25. The van der Waals surface area contributed by atoms with Gasteiger partial charge in [-0.1, -0.05) is 0 Å². The van der Waals surface area contributed by atoms with E-state index in [4.69, 9.17) is 0 Å². The van der Waals surface area contributed by atoms with Crippen LogP contribution in [0.4, 0.5) is 10.2 Å². The van der Waals surface area contributed by atoms with E-state index in [1.807, 2.05) is 16.8 Å². The molecule has 0 fully saturated rings. The Hall–Kier alpha value is -2.50. The summed E-state index contributed by atoms with van der Waals surface area (Å²) in [5, 5.41) is 8.90. The van der Waals surface area contributed by atoms with Gasteiger partial charge in [0, 0.05) is 12.7 Å². The monoisotopic (exact) mass is 269 g/mol. The molecule has 20 heavy (non-hydrogen) atoms. The van der Waals surface area contributed by atoms with E-state index in [0.717, 1.165) is 29.9 Å². The van der Waals surface area contributed by atoms with Gasteiger partial charge in [-0.3, -0.25) is 4.98 Å². The van der Waals surface area contributed by atoms with Gasteiger partial charge >= 0.3 is 0 Å². The van der Waals surface area contributed by atoms with Crippen LogP contribution in [0, 0.1) is 5.82 Å². The molecule has 5 nitrogen and oxygen atoms in total. The van der Waals surface area contributed by atoms with Gasteiger partial charge in [-0.05, 0) is 30.7 Å². The lowest BCUT2D eigenvalue weighted by molar-refractivity contribution is 0.472. The van der Waals surface area contributed by atoms with Crippen molar-refractivity contribution in [2.24, 2.45) is 0 Å². The Morgan fingerprint density at radius 3 is 3.05 bits per heavy atom. The van der Waals surface area contributed by atoms with Crippen molar-refractivity contribution >= 4 is 16.9 Å². The first kappa shape index (κ1) is 11.3. The summed E-state index contributed by atoms with van der Waals surface area (Å²) in [5.41, 5.74) is 1.53. The van der Waals surface area contributed by atoms with Gasteiger partial charge in [-0.15, -0.1) is 5.10 Å². The highest BCUT2D eigenvalue weighted by Gasteiger charge is 2.25. The lowest BCUT2D eigenvalue weighted by atomic mass is 10.1. The van der Waals surface area contributed by atoms with Gasteiger partial charge in [0.15, 0.2) is 5.65 Å². The highest BCUT2D eigenvalue weighted by Crippen LogP contribution is 2.32. The van der Waals surface area contributed by atoms with E-state index in [-0.39, 0.29) is 11.9 Å². The number of rotatable bonds is 1. The van der Waals surface area contributed by atoms with E-state index in [0.29, 0.717) is 5.65 Å². The van der Waals surface area contributed by atoms with Gasteiger partial charge in [0.1, 0.15) is 11.6 Å². The summed E-state index contributed by atoms with van der Waals surface area (Å²) in [7, 11) is 0. The van der Waals surface area contributed by atoms with Gasteiger partial charge in [0.25, 0.3) is 0 Å². The maximum absolute atomic E-state index is 13.0. The average molecular weight is 269 g/mol. The fraction of sp³-hybridized carbons (Fsp3) is 0.214. The van der Waals surface area contributed by atoms with E-state index in [9.17, 15) is 4.39 Å². The number of aromatic nitrogens is 4. The number of hydrogen-bond acceptors (Lipinski definition) is 4. The highest BCUT2D eigenvalue weighted by atomic mass is 19.1. The molecule has 0 radical (unpaired) electrons. The van der Waals surface area contributed by atoms with Gasteiger partial charge in [-0.25, -0.2) is 14.1 Å². The van der Waals surface area contributed by atoms with Crippen molar-refractivity contribution in [3.8, 4) is 0 Å². The molecule has 0 saturated carbocycles. The van der Waals surface area contributed by atoms with Gasteiger partial charge in [0.2, 0.25) is 0 Å². The molecule has 1 aliphatic heterocycles. The Morgan fingerprint density at radius 1 is 1.25 bits per heavy atom. The largest absolute Gasteiger partial charge is 0.370 e. The average Bonchev–Trinajstić information content (AvgIpc) is 2.87. The number of anilines is 1. The van der Waals surface area contributed by atoms with Crippen LogP contribution in [-0.4, -0.2) is 26.3 Å². The first-order chi connectivity index (χ1) is 9.83. The Labute approximate surface area is 114 Å². The molecule has 100 valence electrons. The van der Waals surface area contributed by atoms with Crippen molar-refractivity contribution in [3.63, 3.8) is 0 Å². The normalized spacial score (nSPS) is 17.8. The van der Waals surface area contributed by atoms with E-state index < -0.39 is 0 Å². The molecule has 6 heteroatoms. The van der Waals surface area contributed by atoms with Crippen LogP contribution in [0.25, 0.3) is 11.0 Å². The van der Waals surface area contributed by atoms with Crippen molar-refractivity contribution in [1.29, 1.82) is 0 Å². The van der Waals surface area contributed by atoms with E-state index in [1.54, 1.807) is 12.3 Å². The zero-order valence-electron chi connectivity index (χ0n) is 10.6. The molecule has 0 aromatic carbocycles. The summed E-state index contributed by atoms with van der Waals surface area (Å²) < 4.78 is 14.9. The molecule has 1 aliphatic rings. The van der Waals surface area contributed by atoms with Crippen molar-refractivity contribution in [3.05, 3.63) is 48.2 Å². The molecule has 0 bridgehead atoms. The van der Waals surface area contributed by atoms with Gasteiger partial charge in [0.05, 0.1) is 23.3 Å². The minimum Gasteiger partial charge on any atom is -0.370 e. The molecule has 1 N–H and O–H groups in total. The van der Waals surface area contributed by atoms with E-state index >= 15 is 0 Å². The Morgan fingerprint density at radius 2 is 2.20 bits per heavy atom. The zero-order valence-corrected chi connectivity index (χ0v) is 10.6. The van der Waals surface area contributed by atoms with Crippen LogP contribution in [0.2, 0.25) is 0 Å². The van der Waals surface area contributed by atoms with Crippen LogP contribution in [0.1, 0.15) is 18.2 Å². The molecule has 0 spiro atoms. The first-order valence-electron chi connectivity index (χ1n) is 6.51. The number of hydrogen-bond donors (Lipinski definition) is 1. The summed E-state index contributed by atoms with van der Waals surface area (Å²) in [6, 6.07) is 7.06. The van der Waals surface area contributed by atoms with E-state index in [2.05, 4.69) is 20.4 Å². The molecule has 0 saturated heterocycles. The lowest BCUT2D eigenvalue weighted by Crippen LogP contribution is -2.25. The van der Waals surface area contributed by atoms with Crippen LogP contribution >= 0.6 is 0 Å². The quantitative estimate of drug-likeness (QED) is 0.737. The second-order valence-electron chi connectivity index (χ2n) is 4.80. The molecular formula is C14H12FN5. The fourth-order valence-corrected chi connectivity index (χ4v) is 2.65. The van der Waals surface area contributed by atoms with Crippen LogP contribution in [0.5, 0.6) is 0 Å². The van der Waals surface area contributed by atoms with Crippen LogP contribution in [0.15, 0.2) is 36.7 Å². The number of halogens is 1. The predicted octanol–water partition coefficient (Wildman–Crippen LogP) is 2.37. The molecule has 1 unspecified atom stereocenters. The van der Waals surface area contributed by atoms with Crippen LogP contribution in [0.3, 0.4) is 0 Å². The van der Waals surface area contributed by atoms with E-state index in [1.165, 1.54) is 12.3 Å². The standard InChI is InChI=1S/C14H12FN5/c15-9-3-4-11(18-8-9)12-5-7-17-14-10-2-1-6-16-13(10)19-20(12)14/h1-4,6,8,12,17H,5,7H2. The molecule has 3 aromatic rings. The number of nitrogens with one attached hydrogen (secondary N) is 1. The molecule has 0 amide bonds. The third kappa shape index (κ3) is 1.65.